The minimum Gasteiger partial charge on any atom is -0.366 e. The second-order valence-electron chi connectivity index (χ2n) is 6.64. The van der Waals surface area contributed by atoms with Gasteiger partial charge in [0.25, 0.3) is 0 Å². The molecule has 0 bridgehead atoms. The van der Waals surface area contributed by atoms with Crippen molar-refractivity contribution in [3.8, 4) is 0 Å². The van der Waals surface area contributed by atoms with Gasteiger partial charge in [-0.3, -0.25) is 0 Å². The van der Waals surface area contributed by atoms with Crippen LogP contribution in [0.3, 0.4) is 0 Å². The van der Waals surface area contributed by atoms with Gasteiger partial charge in [-0.25, -0.2) is 8.42 Å². The molecule has 8 heteroatoms. The van der Waals surface area contributed by atoms with Crippen molar-refractivity contribution >= 4 is 10.0 Å². The molecule has 0 aliphatic carbocycles. The van der Waals surface area contributed by atoms with Gasteiger partial charge in [-0.05, 0) is 23.1 Å². The van der Waals surface area contributed by atoms with E-state index in [1.807, 2.05) is 20.8 Å². The Bertz CT molecular complexity index is 642. The van der Waals surface area contributed by atoms with Crippen molar-refractivity contribution in [3.05, 3.63) is 29.8 Å². The van der Waals surface area contributed by atoms with Crippen molar-refractivity contribution in [2.75, 3.05) is 19.7 Å². The third kappa shape index (κ3) is 4.45. The lowest BCUT2D eigenvalue weighted by Crippen LogP contribution is -2.55. The van der Waals surface area contributed by atoms with E-state index < -0.39 is 28.9 Å². The molecule has 1 aromatic carbocycles. The summed E-state index contributed by atoms with van der Waals surface area (Å²) in [5.74, 6) is 0. The fraction of sp³-hybridized carbons (Fsp3) is 0.600. The first-order valence-corrected chi connectivity index (χ1v) is 8.63. The molecule has 1 fully saturated rings. The summed E-state index contributed by atoms with van der Waals surface area (Å²) in [7, 11) is -3.68. The number of ether oxygens (including phenoxy) is 1. The van der Waals surface area contributed by atoms with E-state index in [1.54, 1.807) is 12.1 Å². The maximum absolute atomic E-state index is 12.4. The largest absolute Gasteiger partial charge is 0.411 e. The molecule has 1 saturated heterocycles. The van der Waals surface area contributed by atoms with Gasteiger partial charge in [-0.15, -0.1) is 0 Å². The number of nitrogens with zero attached hydrogens (tertiary/aromatic N) is 1. The molecular formula is C15H20F3NO3S. The van der Waals surface area contributed by atoms with Crippen molar-refractivity contribution in [1.29, 1.82) is 0 Å². The fourth-order valence-electron chi connectivity index (χ4n) is 2.19. The molecule has 0 N–H and O–H groups in total. The molecule has 1 aromatic rings. The van der Waals surface area contributed by atoms with Gasteiger partial charge in [0.2, 0.25) is 10.0 Å². The van der Waals surface area contributed by atoms with E-state index in [0.717, 1.165) is 9.87 Å². The summed E-state index contributed by atoms with van der Waals surface area (Å²) in [6.07, 6.45) is -5.11. The van der Waals surface area contributed by atoms with Crippen LogP contribution < -0.4 is 0 Å². The average Bonchev–Trinajstić information content (AvgIpc) is 2.34. The average molecular weight is 351 g/mol. The molecule has 0 atom stereocenters. The molecule has 0 unspecified atom stereocenters. The fourth-order valence-corrected chi connectivity index (χ4v) is 3.69. The lowest BCUT2D eigenvalue weighted by molar-refractivity contribution is -0.194. The summed E-state index contributed by atoms with van der Waals surface area (Å²) in [5.41, 5.74) is 0.918. The number of hydrogen-bond acceptors (Lipinski definition) is 3. The Balaban J connectivity index is 1.98. The number of benzene rings is 1. The van der Waals surface area contributed by atoms with E-state index >= 15 is 0 Å². The lowest BCUT2D eigenvalue weighted by Gasteiger charge is -2.37. The number of hydrogen-bond donors (Lipinski definition) is 0. The number of sulfonamides is 1. The summed E-state index contributed by atoms with van der Waals surface area (Å²) in [6.45, 7) is 4.60. The Kier molecular flexibility index (Phi) is 4.81. The highest BCUT2D eigenvalue weighted by molar-refractivity contribution is 7.89. The first-order valence-electron chi connectivity index (χ1n) is 7.19. The summed E-state index contributed by atoms with van der Waals surface area (Å²) in [6, 6.07) is 6.56. The van der Waals surface area contributed by atoms with Crippen LogP contribution in [0.25, 0.3) is 0 Å². The van der Waals surface area contributed by atoms with Gasteiger partial charge in [-0.2, -0.15) is 17.5 Å². The van der Waals surface area contributed by atoms with E-state index in [-0.39, 0.29) is 23.4 Å². The Hall–Kier alpha value is -1.12. The molecule has 1 heterocycles. The van der Waals surface area contributed by atoms with E-state index in [9.17, 15) is 21.6 Å². The molecule has 1 aliphatic heterocycles. The highest BCUT2D eigenvalue weighted by Gasteiger charge is 2.39. The molecule has 0 radical (unpaired) electrons. The Morgan fingerprint density at radius 1 is 1.13 bits per heavy atom. The van der Waals surface area contributed by atoms with Crippen LogP contribution in [0.4, 0.5) is 13.2 Å². The Labute approximate surface area is 134 Å². The summed E-state index contributed by atoms with van der Waals surface area (Å²) in [5, 5.41) is 0. The van der Waals surface area contributed by atoms with Gasteiger partial charge in [0.15, 0.2) is 0 Å². The van der Waals surface area contributed by atoms with Crippen LogP contribution in [0.5, 0.6) is 0 Å². The maximum Gasteiger partial charge on any atom is 0.411 e. The first kappa shape index (κ1) is 18.2. The van der Waals surface area contributed by atoms with Crippen LogP contribution in [-0.4, -0.2) is 44.7 Å². The SMILES string of the molecule is CC(C)(C)c1ccc(S(=O)(=O)N2CC(OCC(F)(F)F)C2)cc1. The predicted molar refractivity (Wildman–Crippen MR) is 79.7 cm³/mol. The smallest absolute Gasteiger partial charge is 0.366 e. The van der Waals surface area contributed by atoms with E-state index in [2.05, 4.69) is 4.74 Å². The first-order chi connectivity index (χ1) is 10.4. The van der Waals surface area contributed by atoms with Crippen LogP contribution in [-0.2, 0) is 20.2 Å². The molecule has 1 aliphatic rings. The van der Waals surface area contributed by atoms with Gasteiger partial charge >= 0.3 is 6.18 Å². The molecule has 2 rings (SSSR count). The van der Waals surface area contributed by atoms with Crippen LogP contribution >= 0.6 is 0 Å². The van der Waals surface area contributed by atoms with Gasteiger partial charge < -0.3 is 4.74 Å². The number of rotatable bonds is 4. The van der Waals surface area contributed by atoms with Gasteiger partial charge in [-0.1, -0.05) is 32.9 Å². The number of halogens is 3. The maximum atomic E-state index is 12.4. The summed E-state index contributed by atoms with van der Waals surface area (Å²) >= 11 is 0. The Morgan fingerprint density at radius 3 is 2.09 bits per heavy atom. The second-order valence-corrected chi connectivity index (χ2v) is 8.58. The number of alkyl halides is 3. The van der Waals surface area contributed by atoms with Crippen molar-refractivity contribution < 1.29 is 26.3 Å². The monoisotopic (exact) mass is 351 g/mol. The highest BCUT2D eigenvalue weighted by atomic mass is 32.2. The van der Waals surface area contributed by atoms with Crippen molar-refractivity contribution in [3.63, 3.8) is 0 Å². The lowest BCUT2D eigenvalue weighted by atomic mass is 9.87. The van der Waals surface area contributed by atoms with Crippen LogP contribution in [0.2, 0.25) is 0 Å². The van der Waals surface area contributed by atoms with E-state index in [0.29, 0.717) is 0 Å². The van der Waals surface area contributed by atoms with Crippen LogP contribution in [0.15, 0.2) is 29.2 Å². The predicted octanol–water partition coefficient (Wildman–Crippen LogP) is 2.94. The molecule has 0 saturated carbocycles. The van der Waals surface area contributed by atoms with Crippen molar-refractivity contribution in [2.45, 2.75) is 43.4 Å². The zero-order chi connectivity index (χ0) is 17.5. The summed E-state index contributed by atoms with van der Waals surface area (Å²) < 4.78 is 66.7. The van der Waals surface area contributed by atoms with Crippen molar-refractivity contribution in [1.82, 2.24) is 4.31 Å². The van der Waals surface area contributed by atoms with Gasteiger partial charge in [0.1, 0.15) is 6.61 Å². The molecule has 23 heavy (non-hydrogen) atoms. The van der Waals surface area contributed by atoms with E-state index in [4.69, 9.17) is 0 Å². The van der Waals surface area contributed by atoms with Gasteiger partial charge in [0.05, 0.1) is 11.0 Å². The standard InChI is InChI=1S/C15H20F3NO3S/c1-14(2,3)11-4-6-13(7-5-11)23(20,21)19-8-12(9-19)22-10-15(16,17)18/h4-7,12H,8-10H2,1-3H3. The highest BCUT2D eigenvalue weighted by Crippen LogP contribution is 2.27. The van der Waals surface area contributed by atoms with Gasteiger partial charge in [0, 0.05) is 13.1 Å². The molecule has 4 nitrogen and oxygen atoms in total. The normalized spacial score (nSPS) is 18.0. The third-order valence-electron chi connectivity index (χ3n) is 3.66. The molecule has 0 amide bonds. The van der Waals surface area contributed by atoms with Crippen molar-refractivity contribution in [2.24, 2.45) is 0 Å². The topological polar surface area (TPSA) is 46.6 Å². The zero-order valence-electron chi connectivity index (χ0n) is 13.2. The summed E-state index contributed by atoms with van der Waals surface area (Å²) in [4.78, 5) is 0.139. The van der Waals surface area contributed by atoms with Crippen LogP contribution in [0, 0.1) is 0 Å². The molecule has 130 valence electrons. The molecule has 0 aromatic heterocycles. The quantitative estimate of drug-likeness (QED) is 0.838. The third-order valence-corrected chi connectivity index (χ3v) is 5.50. The minimum atomic E-state index is -4.40. The second kappa shape index (κ2) is 6.07. The molecule has 0 spiro atoms. The Morgan fingerprint density at radius 2 is 1.65 bits per heavy atom. The van der Waals surface area contributed by atoms with E-state index in [1.165, 1.54) is 12.1 Å². The van der Waals surface area contributed by atoms with Crippen LogP contribution in [0.1, 0.15) is 26.3 Å². The zero-order valence-corrected chi connectivity index (χ0v) is 14.0. The molecular weight excluding hydrogens is 331 g/mol. The minimum absolute atomic E-state index is 0.0561.